The van der Waals surface area contributed by atoms with Crippen LogP contribution < -0.4 is 5.73 Å². The fraction of sp³-hybridized carbons (Fsp3) is 0.0833. The van der Waals surface area contributed by atoms with E-state index in [1.54, 1.807) is 24.3 Å². The van der Waals surface area contributed by atoms with E-state index in [0.717, 1.165) is 11.2 Å². The smallest absolute Gasteiger partial charge is 0.284 e. The minimum absolute atomic E-state index is 0.216. The second-order valence-electron chi connectivity index (χ2n) is 4.10. The molecule has 0 spiro atoms. The Morgan fingerprint density at radius 1 is 1.39 bits per heavy atom. The lowest BCUT2D eigenvalue weighted by Gasteiger charge is -1.99. The monoisotopic (exact) mass is 241 g/mol. The van der Waals surface area contributed by atoms with Crippen LogP contribution in [0.15, 0.2) is 30.6 Å². The highest BCUT2D eigenvalue weighted by Gasteiger charge is 2.14. The molecule has 0 aliphatic heterocycles. The zero-order valence-electron chi connectivity index (χ0n) is 9.71. The van der Waals surface area contributed by atoms with Crippen LogP contribution in [-0.2, 0) is 0 Å². The highest BCUT2D eigenvalue weighted by molar-refractivity contribution is 6.00. The summed E-state index contributed by atoms with van der Waals surface area (Å²) in [4.78, 5) is 16.4. The number of nitrogens with zero attached hydrogens (tertiary/aromatic N) is 3. The van der Waals surface area contributed by atoms with Gasteiger partial charge in [-0.25, -0.2) is 4.98 Å². The summed E-state index contributed by atoms with van der Waals surface area (Å²) in [6.45, 7) is 1.84. The van der Waals surface area contributed by atoms with E-state index in [4.69, 9.17) is 5.73 Å². The van der Waals surface area contributed by atoms with Crippen molar-refractivity contribution in [2.24, 2.45) is 0 Å². The zero-order valence-corrected chi connectivity index (χ0v) is 9.71. The maximum Gasteiger partial charge on any atom is 0.284 e. The molecule has 3 rings (SSSR count). The third-order valence-electron chi connectivity index (χ3n) is 2.72. The number of carbonyl (C=O) groups excluding carboxylic acids is 1. The minimum Gasteiger partial charge on any atom is -0.399 e. The van der Waals surface area contributed by atoms with E-state index < -0.39 is 0 Å². The number of anilines is 1. The topological polar surface area (TPSA) is 89.6 Å². The Labute approximate surface area is 102 Å². The number of rotatable bonds is 1. The molecule has 0 atom stereocenters. The van der Waals surface area contributed by atoms with Gasteiger partial charge in [0.2, 0.25) is 0 Å². The summed E-state index contributed by atoms with van der Waals surface area (Å²) in [6.07, 6.45) is 1.48. The van der Waals surface area contributed by atoms with Gasteiger partial charge < -0.3 is 5.73 Å². The highest BCUT2D eigenvalue weighted by Crippen LogP contribution is 2.17. The van der Waals surface area contributed by atoms with Crippen LogP contribution in [0.5, 0.6) is 0 Å². The maximum atomic E-state index is 12.2. The highest BCUT2D eigenvalue weighted by atomic mass is 16.2. The molecule has 0 fully saturated rings. The molecule has 0 bridgehead atoms. The van der Waals surface area contributed by atoms with Crippen LogP contribution in [0.4, 0.5) is 5.69 Å². The fourth-order valence-electron chi connectivity index (χ4n) is 1.84. The SMILES string of the molecule is Cc1cc(C(=O)n2cnc3cc(N)ccc32)n[nH]1. The largest absolute Gasteiger partial charge is 0.399 e. The van der Waals surface area contributed by atoms with Gasteiger partial charge >= 0.3 is 0 Å². The Hall–Kier alpha value is -2.63. The Morgan fingerprint density at radius 2 is 2.22 bits per heavy atom. The lowest BCUT2D eigenvalue weighted by molar-refractivity contribution is 0.0959. The summed E-state index contributed by atoms with van der Waals surface area (Å²) in [7, 11) is 0. The number of carbonyl (C=O) groups is 1. The van der Waals surface area contributed by atoms with Crippen LogP contribution in [0, 0.1) is 6.92 Å². The van der Waals surface area contributed by atoms with Crippen LogP contribution in [-0.4, -0.2) is 25.7 Å². The number of aryl methyl sites for hydroxylation is 1. The lowest BCUT2D eigenvalue weighted by atomic mass is 10.2. The first-order chi connectivity index (χ1) is 8.65. The van der Waals surface area contributed by atoms with Crippen molar-refractivity contribution in [3.05, 3.63) is 42.0 Å². The summed E-state index contributed by atoms with van der Waals surface area (Å²) in [5.74, 6) is -0.216. The van der Waals surface area contributed by atoms with E-state index in [2.05, 4.69) is 15.2 Å². The van der Waals surface area contributed by atoms with Crippen molar-refractivity contribution in [3.8, 4) is 0 Å². The Morgan fingerprint density at radius 3 is 2.94 bits per heavy atom. The van der Waals surface area contributed by atoms with Crippen LogP contribution in [0.2, 0.25) is 0 Å². The molecule has 0 aliphatic carbocycles. The van der Waals surface area contributed by atoms with Crippen LogP contribution in [0.1, 0.15) is 16.2 Å². The van der Waals surface area contributed by atoms with E-state index >= 15 is 0 Å². The van der Waals surface area contributed by atoms with Crippen molar-refractivity contribution < 1.29 is 4.79 Å². The van der Waals surface area contributed by atoms with Crippen LogP contribution in [0.3, 0.4) is 0 Å². The number of nitrogen functional groups attached to an aromatic ring is 1. The van der Waals surface area contributed by atoms with Gasteiger partial charge in [0, 0.05) is 11.4 Å². The molecule has 2 aromatic heterocycles. The van der Waals surface area contributed by atoms with Gasteiger partial charge in [-0.1, -0.05) is 0 Å². The third-order valence-corrected chi connectivity index (χ3v) is 2.72. The van der Waals surface area contributed by atoms with Gasteiger partial charge in [-0.15, -0.1) is 0 Å². The third kappa shape index (κ3) is 1.55. The van der Waals surface area contributed by atoms with Gasteiger partial charge in [-0.3, -0.25) is 14.5 Å². The quantitative estimate of drug-likeness (QED) is 0.629. The molecule has 18 heavy (non-hydrogen) atoms. The summed E-state index contributed by atoms with van der Waals surface area (Å²) >= 11 is 0. The Kier molecular flexibility index (Phi) is 2.16. The van der Waals surface area contributed by atoms with Gasteiger partial charge in [0.05, 0.1) is 11.0 Å². The molecular formula is C12H11N5O. The zero-order chi connectivity index (χ0) is 12.7. The second-order valence-corrected chi connectivity index (χ2v) is 4.10. The molecule has 0 radical (unpaired) electrons. The summed E-state index contributed by atoms with van der Waals surface area (Å²) in [5, 5.41) is 6.69. The maximum absolute atomic E-state index is 12.2. The van der Waals surface area contributed by atoms with Gasteiger partial charge in [0.1, 0.15) is 6.33 Å². The standard InChI is InChI=1S/C12H11N5O/c1-7-4-10(16-15-7)12(18)17-6-14-9-5-8(13)2-3-11(9)17/h2-6H,13H2,1H3,(H,15,16). The number of fused-ring (bicyclic) bond motifs is 1. The minimum atomic E-state index is -0.216. The van der Waals surface area contributed by atoms with Crippen molar-refractivity contribution >= 4 is 22.6 Å². The van der Waals surface area contributed by atoms with Crippen molar-refractivity contribution in [2.75, 3.05) is 5.73 Å². The predicted octanol–water partition coefficient (Wildman–Crippen LogP) is 1.34. The van der Waals surface area contributed by atoms with E-state index in [9.17, 15) is 4.79 Å². The molecule has 0 amide bonds. The fourth-order valence-corrected chi connectivity index (χ4v) is 1.84. The van der Waals surface area contributed by atoms with Gasteiger partial charge in [0.15, 0.2) is 5.69 Å². The van der Waals surface area contributed by atoms with E-state index in [-0.39, 0.29) is 5.91 Å². The number of benzene rings is 1. The van der Waals surface area contributed by atoms with Crippen molar-refractivity contribution in [1.82, 2.24) is 19.7 Å². The number of nitrogens with one attached hydrogen (secondary N) is 1. The molecule has 3 N–H and O–H groups in total. The molecular weight excluding hydrogens is 230 g/mol. The molecule has 2 heterocycles. The van der Waals surface area contributed by atoms with Gasteiger partial charge in [-0.2, -0.15) is 5.10 Å². The molecule has 90 valence electrons. The average Bonchev–Trinajstić information content (AvgIpc) is 2.94. The molecule has 6 heteroatoms. The average molecular weight is 241 g/mol. The predicted molar refractivity (Wildman–Crippen MR) is 67.2 cm³/mol. The van der Waals surface area contributed by atoms with E-state index in [1.807, 2.05) is 6.92 Å². The van der Waals surface area contributed by atoms with Crippen LogP contribution >= 0.6 is 0 Å². The first-order valence-corrected chi connectivity index (χ1v) is 5.44. The lowest BCUT2D eigenvalue weighted by Crippen LogP contribution is -2.11. The molecule has 6 nitrogen and oxygen atoms in total. The van der Waals surface area contributed by atoms with Crippen molar-refractivity contribution in [1.29, 1.82) is 0 Å². The molecule has 0 saturated heterocycles. The first kappa shape index (κ1) is 10.5. The second kappa shape index (κ2) is 3.69. The number of nitrogens with two attached hydrogens (primary N) is 1. The summed E-state index contributed by atoms with van der Waals surface area (Å²) < 4.78 is 1.46. The Balaban J connectivity index is 2.12. The summed E-state index contributed by atoms with van der Waals surface area (Å²) in [6, 6.07) is 6.94. The van der Waals surface area contributed by atoms with Gasteiger partial charge in [-0.05, 0) is 31.2 Å². The van der Waals surface area contributed by atoms with Crippen molar-refractivity contribution in [3.63, 3.8) is 0 Å². The number of aromatic nitrogens is 4. The first-order valence-electron chi connectivity index (χ1n) is 5.44. The normalized spacial score (nSPS) is 10.9. The number of aromatic amines is 1. The number of hydrogen-bond donors (Lipinski definition) is 2. The van der Waals surface area contributed by atoms with Crippen molar-refractivity contribution in [2.45, 2.75) is 6.92 Å². The van der Waals surface area contributed by atoms with E-state index in [0.29, 0.717) is 16.9 Å². The number of hydrogen-bond acceptors (Lipinski definition) is 4. The van der Waals surface area contributed by atoms with Gasteiger partial charge in [0.25, 0.3) is 5.91 Å². The molecule has 0 aliphatic rings. The Bertz CT molecular complexity index is 740. The molecule has 0 unspecified atom stereocenters. The number of imidazole rings is 1. The van der Waals surface area contributed by atoms with Crippen LogP contribution in [0.25, 0.3) is 11.0 Å². The molecule has 0 saturated carbocycles. The molecule has 3 aromatic rings. The van der Waals surface area contributed by atoms with E-state index in [1.165, 1.54) is 10.9 Å². The number of H-pyrrole nitrogens is 1. The molecule has 1 aromatic carbocycles. The summed E-state index contributed by atoms with van der Waals surface area (Å²) in [5.41, 5.74) is 8.91.